The number of ether oxygens (including phenoxy) is 1. The molecule has 1 aliphatic heterocycles. The Bertz CT molecular complexity index is 391. The second kappa shape index (κ2) is 5.65. The van der Waals surface area contributed by atoms with Crippen molar-refractivity contribution in [2.75, 3.05) is 25.1 Å². The first-order valence-electron chi connectivity index (χ1n) is 5.73. The average molecular weight is 298 g/mol. The third kappa shape index (κ3) is 2.87. The maximum atomic E-state index is 12.3. The summed E-state index contributed by atoms with van der Waals surface area (Å²) in [7, 11) is 0. The number of benzene rings is 1. The molecule has 2 rings (SSSR count). The van der Waals surface area contributed by atoms with Crippen molar-refractivity contribution >= 4 is 21.8 Å². The van der Waals surface area contributed by atoms with E-state index in [1.54, 1.807) is 0 Å². The van der Waals surface area contributed by atoms with Crippen LogP contribution in [0, 0.1) is 6.92 Å². The standard InChI is InChI=1S/C13H16BrNO2/c1-10-2-4-11(5-3-10)13(16)15-6-7-17-9-12(15)8-14/h2-5,12H,6-9H2,1H3. The van der Waals surface area contributed by atoms with Crippen LogP contribution in [-0.2, 0) is 4.74 Å². The van der Waals surface area contributed by atoms with Gasteiger partial charge in [-0.2, -0.15) is 0 Å². The maximum Gasteiger partial charge on any atom is 0.254 e. The van der Waals surface area contributed by atoms with Crippen molar-refractivity contribution in [3.8, 4) is 0 Å². The van der Waals surface area contributed by atoms with Crippen molar-refractivity contribution in [3.05, 3.63) is 35.4 Å². The fourth-order valence-corrected chi connectivity index (χ4v) is 2.45. The van der Waals surface area contributed by atoms with Crippen molar-refractivity contribution < 1.29 is 9.53 Å². The summed E-state index contributed by atoms with van der Waals surface area (Å²) in [6.45, 7) is 3.93. The van der Waals surface area contributed by atoms with E-state index in [0.29, 0.717) is 19.8 Å². The van der Waals surface area contributed by atoms with Gasteiger partial charge >= 0.3 is 0 Å². The second-order valence-corrected chi connectivity index (χ2v) is 4.90. The molecule has 0 N–H and O–H groups in total. The number of carbonyl (C=O) groups excluding carboxylic acids is 1. The SMILES string of the molecule is Cc1ccc(C(=O)N2CCOCC2CBr)cc1. The molecule has 0 radical (unpaired) electrons. The molecule has 0 aromatic heterocycles. The third-order valence-corrected chi connectivity index (χ3v) is 3.71. The lowest BCUT2D eigenvalue weighted by Gasteiger charge is -2.34. The van der Waals surface area contributed by atoms with Crippen LogP contribution in [0.15, 0.2) is 24.3 Å². The minimum absolute atomic E-state index is 0.0951. The van der Waals surface area contributed by atoms with Crippen LogP contribution in [0.1, 0.15) is 15.9 Å². The Labute approximate surface area is 110 Å². The van der Waals surface area contributed by atoms with E-state index in [2.05, 4.69) is 15.9 Å². The Balaban J connectivity index is 2.15. The molecule has 0 spiro atoms. The lowest BCUT2D eigenvalue weighted by Crippen LogP contribution is -2.49. The fraction of sp³-hybridized carbons (Fsp3) is 0.462. The molecule has 1 unspecified atom stereocenters. The molecule has 1 aliphatic rings. The second-order valence-electron chi connectivity index (χ2n) is 4.25. The number of morpholine rings is 1. The molecule has 1 heterocycles. The first-order valence-corrected chi connectivity index (χ1v) is 6.86. The molecule has 1 atom stereocenters. The molecule has 92 valence electrons. The van der Waals surface area contributed by atoms with E-state index in [0.717, 1.165) is 10.9 Å². The average Bonchev–Trinajstić information content (AvgIpc) is 2.39. The van der Waals surface area contributed by atoms with Crippen LogP contribution in [0.4, 0.5) is 0 Å². The summed E-state index contributed by atoms with van der Waals surface area (Å²) >= 11 is 3.43. The van der Waals surface area contributed by atoms with Gasteiger partial charge in [-0.05, 0) is 19.1 Å². The smallest absolute Gasteiger partial charge is 0.254 e. The highest BCUT2D eigenvalue weighted by molar-refractivity contribution is 9.09. The monoisotopic (exact) mass is 297 g/mol. The van der Waals surface area contributed by atoms with Gasteiger partial charge in [-0.15, -0.1) is 0 Å². The molecule has 1 fully saturated rings. The molecule has 0 bridgehead atoms. The number of aryl methyl sites for hydroxylation is 1. The van der Waals surface area contributed by atoms with Crippen molar-refractivity contribution in [2.45, 2.75) is 13.0 Å². The van der Waals surface area contributed by atoms with Gasteiger partial charge in [-0.1, -0.05) is 33.6 Å². The number of halogens is 1. The zero-order valence-corrected chi connectivity index (χ0v) is 11.4. The quantitative estimate of drug-likeness (QED) is 0.784. The van der Waals surface area contributed by atoms with Gasteiger partial charge < -0.3 is 9.64 Å². The number of carbonyl (C=O) groups is 1. The largest absolute Gasteiger partial charge is 0.377 e. The lowest BCUT2D eigenvalue weighted by molar-refractivity contribution is 0.00525. The Morgan fingerprint density at radius 1 is 1.47 bits per heavy atom. The van der Waals surface area contributed by atoms with Gasteiger partial charge in [0, 0.05) is 17.4 Å². The van der Waals surface area contributed by atoms with Crippen LogP contribution >= 0.6 is 15.9 Å². The molecule has 17 heavy (non-hydrogen) atoms. The van der Waals surface area contributed by atoms with Crippen LogP contribution in [0.3, 0.4) is 0 Å². The van der Waals surface area contributed by atoms with Crippen molar-refractivity contribution in [1.82, 2.24) is 4.90 Å². The third-order valence-electron chi connectivity index (χ3n) is 2.97. The maximum absolute atomic E-state index is 12.3. The highest BCUT2D eigenvalue weighted by Crippen LogP contribution is 2.14. The molecular formula is C13H16BrNO2. The molecular weight excluding hydrogens is 282 g/mol. The molecule has 0 saturated carbocycles. The number of nitrogens with zero attached hydrogens (tertiary/aromatic N) is 1. The van der Waals surface area contributed by atoms with E-state index in [1.807, 2.05) is 36.1 Å². The molecule has 4 heteroatoms. The molecule has 1 amide bonds. The molecule has 0 aliphatic carbocycles. The zero-order valence-electron chi connectivity index (χ0n) is 9.86. The predicted octanol–water partition coefficient (Wildman–Crippen LogP) is 2.23. The summed E-state index contributed by atoms with van der Waals surface area (Å²) in [5.74, 6) is 0.0951. The Morgan fingerprint density at radius 2 is 2.18 bits per heavy atom. The summed E-state index contributed by atoms with van der Waals surface area (Å²) < 4.78 is 5.38. The summed E-state index contributed by atoms with van der Waals surface area (Å²) in [6.07, 6.45) is 0. The topological polar surface area (TPSA) is 29.5 Å². The van der Waals surface area contributed by atoms with E-state index >= 15 is 0 Å². The number of hydrogen-bond acceptors (Lipinski definition) is 2. The van der Waals surface area contributed by atoms with Crippen LogP contribution in [0.5, 0.6) is 0 Å². The highest BCUT2D eigenvalue weighted by atomic mass is 79.9. The first-order chi connectivity index (χ1) is 8.22. The summed E-state index contributed by atoms with van der Waals surface area (Å²) in [6, 6.07) is 7.85. The van der Waals surface area contributed by atoms with Gasteiger partial charge in [0.1, 0.15) is 0 Å². The van der Waals surface area contributed by atoms with Crippen LogP contribution in [0.25, 0.3) is 0 Å². The van der Waals surface area contributed by atoms with Crippen LogP contribution in [0.2, 0.25) is 0 Å². The summed E-state index contributed by atoms with van der Waals surface area (Å²) in [5.41, 5.74) is 1.92. The normalized spacial score (nSPS) is 20.4. The van der Waals surface area contributed by atoms with E-state index in [4.69, 9.17) is 4.74 Å². The van der Waals surface area contributed by atoms with Gasteiger partial charge in [0.15, 0.2) is 0 Å². The first kappa shape index (κ1) is 12.6. The Morgan fingerprint density at radius 3 is 2.82 bits per heavy atom. The minimum atomic E-state index is 0.0951. The minimum Gasteiger partial charge on any atom is -0.377 e. The van der Waals surface area contributed by atoms with Crippen molar-refractivity contribution in [2.24, 2.45) is 0 Å². The zero-order chi connectivity index (χ0) is 12.3. The van der Waals surface area contributed by atoms with Crippen LogP contribution in [-0.4, -0.2) is 41.9 Å². The van der Waals surface area contributed by atoms with Gasteiger partial charge in [-0.3, -0.25) is 4.79 Å². The molecule has 1 aromatic rings. The number of alkyl halides is 1. The van der Waals surface area contributed by atoms with Gasteiger partial charge in [0.2, 0.25) is 0 Å². The summed E-state index contributed by atoms with van der Waals surface area (Å²) in [5, 5.41) is 0.755. The van der Waals surface area contributed by atoms with Crippen molar-refractivity contribution in [3.63, 3.8) is 0 Å². The number of amides is 1. The highest BCUT2D eigenvalue weighted by Gasteiger charge is 2.26. The molecule has 1 aromatic carbocycles. The number of rotatable bonds is 2. The Kier molecular flexibility index (Phi) is 4.18. The van der Waals surface area contributed by atoms with Crippen LogP contribution < -0.4 is 0 Å². The summed E-state index contributed by atoms with van der Waals surface area (Å²) in [4.78, 5) is 14.2. The van der Waals surface area contributed by atoms with Crippen molar-refractivity contribution in [1.29, 1.82) is 0 Å². The van der Waals surface area contributed by atoms with E-state index in [9.17, 15) is 4.79 Å². The Hall–Kier alpha value is -0.870. The lowest BCUT2D eigenvalue weighted by atomic mass is 10.1. The predicted molar refractivity (Wildman–Crippen MR) is 70.6 cm³/mol. The van der Waals surface area contributed by atoms with E-state index in [-0.39, 0.29) is 11.9 Å². The fourth-order valence-electron chi connectivity index (χ4n) is 1.91. The number of hydrogen-bond donors (Lipinski definition) is 0. The van der Waals surface area contributed by atoms with Gasteiger partial charge in [-0.25, -0.2) is 0 Å². The molecule has 1 saturated heterocycles. The molecule has 3 nitrogen and oxygen atoms in total. The van der Waals surface area contributed by atoms with E-state index < -0.39 is 0 Å². The van der Waals surface area contributed by atoms with Gasteiger partial charge in [0.05, 0.1) is 19.3 Å². The van der Waals surface area contributed by atoms with E-state index in [1.165, 1.54) is 5.56 Å². The van der Waals surface area contributed by atoms with Gasteiger partial charge in [0.25, 0.3) is 5.91 Å².